The van der Waals surface area contributed by atoms with E-state index in [9.17, 15) is 13.2 Å². The standard InChI is InChI=1S/C6H7F3NS/c1-2-5-10(3-4-11-5)6(7,8)9/h2-5H,1H3. The van der Waals surface area contributed by atoms with Crippen molar-refractivity contribution in [2.24, 2.45) is 0 Å². The lowest BCUT2D eigenvalue weighted by Gasteiger charge is -2.25. The van der Waals surface area contributed by atoms with Crippen LogP contribution in [0.5, 0.6) is 0 Å². The Hall–Kier alpha value is -0.320. The second kappa shape index (κ2) is 2.97. The van der Waals surface area contributed by atoms with Crippen LogP contribution >= 0.6 is 11.8 Å². The molecule has 1 aliphatic heterocycles. The highest BCUT2D eigenvalue weighted by Gasteiger charge is 2.41. The van der Waals surface area contributed by atoms with Gasteiger partial charge in [0.1, 0.15) is 0 Å². The summed E-state index contributed by atoms with van der Waals surface area (Å²) >= 11 is 1.15. The normalized spacial score (nSPS) is 24.7. The van der Waals surface area contributed by atoms with Crippen molar-refractivity contribution in [3.05, 3.63) is 18.0 Å². The first kappa shape index (κ1) is 8.77. The SMILES string of the molecule is C[CH]C1SC=CN1C(F)(F)F. The summed E-state index contributed by atoms with van der Waals surface area (Å²) in [4.78, 5) is 0.373. The topological polar surface area (TPSA) is 3.24 Å². The molecule has 1 atom stereocenters. The summed E-state index contributed by atoms with van der Waals surface area (Å²) in [7, 11) is 0. The van der Waals surface area contributed by atoms with E-state index in [1.54, 1.807) is 6.92 Å². The highest BCUT2D eigenvalue weighted by atomic mass is 32.2. The van der Waals surface area contributed by atoms with Crippen LogP contribution in [0.4, 0.5) is 13.2 Å². The van der Waals surface area contributed by atoms with Gasteiger partial charge in [0.15, 0.2) is 0 Å². The fraction of sp³-hybridized carbons (Fsp3) is 0.500. The Morgan fingerprint density at radius 1 is 1.55 bits per heavy atom. The molecule has 1 nitrogen and oxygen atoms in total. The Morgan fingerprint density at radius 2 is 2.18 bits per heavy atom. The molecule has 0 bridgehead atoms. The molecule has 1 unspecified atom stereocenters. The van der Waals surface area contributed by atoms with E-state index < -0.39 is 11.7 Å². The second-order valence-electron chi connectivity index (χ2n) is 2.02. The minimum absolute atomic E-state index is 0.373. The molecule has 63 valence electrons. The number of hydrogen-bond donors (Lipinski definition) is 0. The van der Waals surface area contributed by atoms with Crippen LogP contribution < -0.4 is 0 Å². The Balaban J connectivity index is 2.63. The second-order valence-corrected chi connectivity index (χ2v) is 3.05. The van der Waals surface area contributed by atoms with Crippen LogP contribution in [0.3, 0.4) is 0 Å². The van der Waals surface area contributed by atoms with E-state index in [1.807, 2.05) is 0 Å². The van der Waals surface area contributed by atoms with Gasteiger partial charge in [-0.2, -0.15) is 13.2 Å². The molecule has 0 spiro atoms. The molecule has 1 aliphatic rings. The van der Waals surface area contributed by atoms with Crippen LogP contribution in [0, 0.1) is 6.42 Å². The lowest BCUT2D eigenvalue weighted by Crippen LogP contribution is -2.37. The van der Waals surface area contributed by atoms with E-state index in [2.05, 4.69) is 0 Å². The van der Waals surface area contributed by atoms with Gasteiger partial charge in [0.25, 0.3) is 0 Å². The van der Waals surface area contributed by atoms with Crippen LogP contribution in [0.1, 0.15) is 6.92 Å². The number of thioether (sulfide) groups is 1. The molecule has 0 aromatic rings. The molecular weight excluding hydrogens is 175 g/mol. The lowest BCUT2D eigenvalue weighted by molar-refractivity contribution is -0.227. The Labute approximate surface area is 67.2 Å². The fourth-order valence-corrected chi connectivity index (χ4v) is 1.64. The van der Waals surface area contributed by atoms with Crippen molar-refractivity contribution < 1.29 is 13.2 Å². The van der Waals surface area contributed by atoms with Crippen molar-refractivity contribution in [3.63, 3.8) is 0 Å². The van der Waals surface area contributed by atoms with Crippen molar-refractivity contribution >= 4 is 11.8 Å². The van der Waals surface area contributed by atoms with Crippen molar-refractivity contribution in [3.8, 4) is 0 Å². The molecule has 1 rings (SSSR count). The minimum Gasteiger partial charge on any atom is -0.278 e. The Morgan fingerprint density at radius 3 is 2.55 bits per heavy atom. The largest absolute Gasteiger partial charge is 0.485 e. The summed E-state index contributed by atoms with van der Waals surface area (Å²) in [5.41, 5.74) is 0. The van der Waals surface area contributed by atoms with Crippen LogP contribution in [0.25, 0.3) is 0 Å². The average Bonchev–Trinajstić information content (AvgIpc) is 2.31. The summed E-state index contributed by atoms with van der Waals surface area (Å²) in [6.07, 6.45) is -1.69. The van der Waals surface area contributed by atoms with Gasteiger partial charge in [-0.1, -0.05) is 6.92 Å². The summed E-state index contributed by atoms with van der Waals surface area (Å²) in [5, 5.41) is 0.855. The monoisotopic (exact) mass is 182 g/mol. The maximum atomic E-state index is 12.0. The van der Waals surface area contributed by atoms with Gasteiger partial charge in [-0.25, -0.2) is 0 Å². The van der Waals surface area contributed by atoms with Gasteiger partial charge in [0.05, 0.1) is 5.37 Å². The maximum Gasteiger partial charge on any atom is 0.485 e. The zero-order chi connectivity index (χ0) is 8.48. The summed E-state index contributed by atoms with van der Waals surface area (Å²) < 4.78 is 36.1. The summed E-state index contributed by atoms with van der Waals surface area (Å²) in [6, 6.07) is 0. The molecule has 1 radical (unpaired) electrons. The molecule has 5 heteroatoms. The number of rotatable bonds is 1. The van der Waals surface area contributed by atoms with Crippen LogP contribution in [0.2, 0.25) is 0 Å². The number of halogens is 3. The minimum atomic E-state index is -4.25. The summed E-state index contributed by atoms with van der Waals surface area (Å²) in [6.45, 7) is 1.61. The molecule has 1 heterocycles. The van der Waals surface area contributed by atoms with E-state index in [0.29, 0.717) is 4.90 Å². The molecule has 0 aromatic carbocycles. The van der Waals surface area contributed by atoms with Gasteiger partial charge in [-0.15, -0.1) is 11.8 Å². The van der Waals surface area contributed by atoms with Crippen molar-refractivity contribution in [2.45, 2.75) is 18.6 Å². The Kier molecular flexibility index (Phi) is 2.37. The number of alkyl halides is 3. The molecule has 0 fully saturated rings. The van der Waals surface area contributed by atoms with Crippen LogP contribution in [0.15, 0.2) is 11.6 Å². The molecule has 0 aliphatic carbocycles. The third-order valence-corrected chi connectivity index (χ3v) is 2.35. The van der Waals surface area contributed by atoms with Gasteiger partial charge in [-0.3, -0.25) is 4.90 Å². The highest BCUT2D eigenvalue weighted by molar-refractivity contribution is 8.03. The molecule has 0 aromatic heterocycles. The zero-order valence-corrected chi connectivity index (χ0v) is 6.62. The molecule has 0 saturated heterocycles. The van der Waals surface area contributed by atoms with Crippen LogP contribution in [-0.4, -0.2) is 16.6 Å². The zero-order valence-electron chi connectivity index (χ0n) is 5.80. The third kappa shape index (κ3) is 1.83. The van der Waals surface area contributed by atoms with Gasteiger partial charge >= 0.3 is 6.30 Å². The maximum absolute atomic E-state index is 12.0. The third-order valence-electron chi connectivity index (χ3n) is 1.29. The van der Waals surface area contributed by atoms with E-state index >= 15 is 0 Å². The first-order valence-electron chi connectivity index (χ1n) is 3.02. The predicted octanol–water partition coefficient (Wildman–Crippen LogP) is 2.58. The average molecular weight is 182 g/mol. The van der Waals surface area contributed by atoms with Gasteiger partial charge in [0, 0.05) is 6.20 Å². The molecular formula is C6H7F3NS. The predicted molar refractivity (Wildman–Crippen MR) is 38.4 cm³/mol. The highest BCUT2D eigenvalue weighted by Crippen LogP contribution is 2.35. The van der Waals surface area contributed by atoms with E-state index in [1.165, 1.54) is 11.8 Å². The molecule has 11 heavy (non-hydrogen) atoms. The smallest absolute Gasteiger partial charge is 0.278 e. The first-order valence-corrected chi connectivity index (χ1v) is 3.97. The fourth-order valence-electron chi connectivity index (χ4n) is 0.800. The van der Waals surface area contributed by atoms with E-state index in [-0.39, 0.29) is 0 Å². The number of nitrogens with zero attached hydrogens (tertiary/aromatic N) is 1. The molecule has 0 N–H and O–H groups in total. The van der Waals surface area contributed by atoms with Gasteiger partial charge in [0.2, 0.25) is 0 Å². The first-order chi connectivity index (χ1) is 5.05. The van der Waals surface area contributed by atoms with E-state index in [0.717, 1.165) is 18.0 Å². The van der Waals surface area contributed by atoms with Crippen molar-refractivity contribution in [2.75, 3.05) is 0 Å². The van der Waals surface area contributed by atoms with Gasteiger partial charge in [-0.05, 0) is 11.8 Å². The Bertz CT molecular complexity index is 166. The quantitative estimate of drug-likeness (QED) is 0.573. The lowest BCUT2D eigenvalue weighted by atomic mass is 10.4. The van der Waals surface area contributed by atoms with Gasteiger partial charge < -0.3 is 0 Å². The number of hydrogen-bond acceptors (Lipinski definition) is 2. The van der Waals surface area contributed by atoms with Crippen LogP contribution in [-0.2, 0) is 0 Å². The van der Waals surface area contributed by atoms with Crippen molar-refractivity contribution in [1.29, 1.82) is 0 Å². The molecule has 0 amide bonds. The van der Waals surface area contributed by atoms with Crippen molar-refractivity contribution in [1.82, 2.24) is 4.90 Å². The molecule has 0 saturated carbocycles. The van der Waals surface area contributed by atoms with E-state index in [4.69, 9.17) is 0 Å². The summed E-state index contributed by atoms with van der Waals surface area (Å²) in [5.74, 6) is 0.